The maximum atomic E-state index is 6.06. The summed E-state index contributed by atoms with van der Waals surface area (Å²) in [5.41, 5.74) is 0.373. The fourth-order valence-electron chi connectivity index (χ4n) is 2.38. The Kier molecular flexibility index (Phi) is 6.31. The number of ether oxygens (including phenoxy) is 2. The zero-order chi connectivity index (χ0) is 17.8. The van der Waals surface area contributed by atoms with Crippen LogP contribution in [0, 0.1) is 0 Å². The molecule has 0 radical (unpaired) electrons. The van der Waals surface area contributed by atoms with Crippen molar-refractivity contribution in [1.82, 2.24) is 4.90 Å². The van der Waals surface area contributed by atoms with Crippen molar-refractivity contribution in [3.8, 4) is 5.75 Å². The number of hydrogen-bond donors (Lipinski definition) is 0. The average Bonchev–Trinajstić information content (AvgIpc) is 2.74. The maximum Gasteiger partial charge on any atom is 0.494 e. The summed E-state index contributed by atoms with van der Waals surface area (Å²) in [7, 11) is 3.44. The fourth-order valence-corrected chi connectivity index (χ4v) is 2.38. The first-order valence-corrected chi connectivity index (χ1v) is 8.51. The Hall–Kier alpha value is -1.08. The molecule has 0 spiro atoms. The van der Waals surface area contributed by atoms with Crippen molar-refractivity contribution in [3.05, 3.63) is 24.3 Å². The number of nitrogens with zero attached hydrogens (tertiary/aromatic N) is 1. The normalized spacial score (nSPS) is 19.0. The number of hydrogen-bond acceptors (Lipinski definition) is 5. The Balaban J connectivity index is 1.83. The van der Waals surface area contributed by atoms with E-state index in [0.29, 0.717) is 6.61 Å². The van der Waals surface area contributed by atoms with Gasteiger partial charge in [0.05, 0.1) is 17.8 Å². The van der Waals surface area contributed by atoms with Crippen molar-refractivity contribution in [1.29, 1.82) is 0 Å². The van der Waals surface area contributed by atoms with Crippen LogP contribution in [0.5, 0.6) is 5.75 Å². The molecule has 5 nitrogen and oxygen atoms in total. The van der Waals surface area contributed by atoms with Crippen LogP contribution in [0.25, 0.3) is 0 Å². The first-order chi connectivity index (χ1) is 11.2. The molecule has 1 aliphatic heterocycles. The van der Waals surface area contributed by atoms with Crippen LogP contribution in [-0.2, 0) is 14.0 Å². The molecule has 0 bridgehead atoms. The quantitative estimate of drug-likeness (QED) is 0.679. The van der Waals surface area contributed by atoms with Gasteiger partial charge in [-0.3, -0.25) is 0 Å². The third-order valence-electron chi connectivity index (χ3n) is 4.82. The lowest BCUT2D eigenvalue weighted by Crippen LogP contribution is -2.41. The molecule has 1 saturated heterocycles. The van der Waals surface area contributed by atoms with Gasteiger partial charge in [0.25, 0.3) is 0 Å². The van der Waals surface area contributed by atoms with Crippen molar-refractivity contribution in [2.45, 2.75) is 38.9 Å². The summed E-state index contributed by atoms with van der Waals surface area (Å²) in [4.78, 5) is 2.18. The SMILES string of the molecule is COCCN(C)CCOc1ccc(B2OC(C)(C)C(C)(C)O2)cc1. The van der Waals surface area contributed by atoms with E-state index < -0.39 is 0 Å². The molecule has 134 valence electrons. The summed E-state index contributed by atoms with van der Waals surface area (Å²) >= 11 is 0. The zero-order valence-electron chi connectivity index (χ0n) is 15.8. The highest BCUT2D eigenvalue weighted by molar-refractivity contribution is 6.62. The molecule has 2 rings (SSSR count). The Bertz CT molecular complexity index is 502. The number of benzene rings is 1. The standard InChI is InChI=1S/C18H30BNO4/c1-17(2)18(3,4)24-19(23-17)15-7-9-16(10-8-15)22-14-12-20(5)11-13-21-6/h7-10H,11-14H2,1-6H3. The van der Waals surface area contributed by atoms with Gasteiger partial charge in [0.2, 0.25) is 0 Å². The minimum atomic E-state index is -0.329. The molecule has 0 atom stereocenters. The second kappa shape index (κ2) is 7.87. The number of likely N-dealkylation sites (N-methyl/N-ethyl adjacent to an activating group) is 1. The second-order valence-corrected chi connectivity index (χ2v) is 7.30. The van der Waals surface area contributed by atoms with Gasteiger partial charge in [-0.05, 0) is 52.3 Å². The fraction of sp³-hybridized carbons (Fsp3) is 0.667. The van der Waals surface area contributed by atoms with Gasteiger partial charge in [-0.15, -0.1) is 0 Å². The van der Waals surface area contributed by atoms with E-state index >= 15 is 0 Å². The maximum absolute atomic E-state index is 6.06. The van der Waals surface area contributed by atoms with Crippen LogP contribution in [0.2, 0.25) is 0 Å². The van der Waals surface area contributed by atoms with Crippen molar-refractivity contribution >= 4 is 12.6 Å². The monoisotopic (exact) mass is 335 g/mol. The Morgan fingerprint density at radius 1 is 0.958 bits per heavy atom. The Morgan fingerprint density at radius 2 is 1.50 bits per heavy atom. The minimum absolute atomic E-state index is 0.320. The van der Waals surface area contributed by atoms with Crippen LogP contribution >= 0.6 is 0 Å². The van der Waals surface area contributed by atoms with Gasteiger partial charge in [-0.1, -0.05) is 12.1 Å². The van der Waals surface area contributed by atoms with E-state index in [9.17, 15) is 0 Å². The highest BCUT2D eigenvalue weighted by atomic mass is 16.7. The molecule has 1 aromatic carbocycles. The Morgan fingerprint density at radius 3 is 2.04 bits per heavy atom. The summed E-state index contributed by atoms with van der Waals surface area (Å²) < 4.78 is 23.0. The second-order valence-electron chi connectivity index (χ2n) is 7.30. The molecule has 0 aliphatic carbocycles. The van der Waals surface area contributed by atoms with Gasteiger partial charge >= 0.3 is 7.12 Å². The van der Waals surface area contributed by atoms with Gasteiger partial charge in [0.1, 0.15) is 12.4 Å². The lowest BCUT2D eigenvalue weighted by molar-refractivity contribution is 0.00578. The molecule has 0 N–H and O–H groups in total. The van der Waals surface area contributed by atoms with Crippen LogP contribution in [0.4, 0.5) is 0 Å². The molecule has 0 aromatic heterocycles. The van der Waals surface area contributed by atoms with Gasteiger partial charge < -0.3 is 23.7 Å². The number of methoxy groups -OCH3 is 1. The molecule has 6 heteroatoms. The molecule has 0 saturated carbocycles. The van der Waals surface area contributed by atoms with E-state index in [4.69, 9.17) is 18.8 Å². The number of rotatable bonds is 8. The molecule has 24 heavy (non-hydrogen) atoms. The molecule has 0 unspecified atom stereocenters. The molecular formula is C18H30BNO4. The molecule has 1 aromatic rings. The highest BCUT2D eigenvalue weighted by Crippen LogP contribution is 2.36. The smallest absolute Gasteiger partial charge is 0.492 e. The lowest BCUT2D eigenvalue weighted by atomic mass is 9.79. The predicted octanol–water partition coefficient (Wildman–Crippen LogP) is 1.94. The third-order valence-corrected chi connectivity index (χ3v) is 4.82. The van der Waals surface area contributed by atoms with Crippen LogP contribution in [0.15, 0.2) is 24.3 Å². The van der Waals surface area contributed by atoms with Crippen LogP contribution in [-0.4, -0.2) is 63.7 Å². The largest absolute Gasteiger partial charge is 0.494 e. The lowest BCUT2D eigenvalue weighted by Gasteiger charge is -2.32. The average molecular weight is 335 g/mol. The van der Waals surface area contributed by atoms with Crippen LogP contribution < -0.4 is 10.2 Å². The summed E-state index contributed by atoms with van der Waals surface area (Å²) in [5, 5.41) is 0. The summed E-state index contributed by atoms with van der Waals surface area (Å²) in [6.45, 7) is 11.4. The van der Waals surface area contributed by atoms with E-state index in [1.807, 2.05) is 24.3 Å². The predicted molar refractivity (Wildman–Crippen MR) is 97.0 cm³/mol. The van der Waals surface area contributed by atoms with Gasteiger partial charge in [0.15, 0.2) is 0 Å². The highest BCUT2D eigenvalue weighted by Gasteiger charge is 2.51. The first-order valence-electron chi connectivity index (χ1n) is 8.51. The third kappa shape index (κ3) is 4.73. The van der Waals surface area contributed by atoms with Gasteiger partial charge in [-0.2, -0.15) is 0 Å². The van der Waals surface area contributed by atoms with Gasteiger partial charge in [-0.25, -0.2) is 0 Å². The molecular weight excluding hydrogens is 305 g/mol. The molecule has 1 fully saturated rings. The Labute approximate surface area is 146 Å². The van der Waals surface area contributed by atoms with Crippen LogP contribution in [0.3, 0.4) is 0 Å². The van der Waals surface area contributed by atoms with Crippen molar-refractivity contribution < 1.29 is 18.8 Å². The summed E-state index contributed by atoms with van der Waals surface area (Å²) in [6.07, 6.45) is 0. The topological polar surface area (TPSA) is 40.2 Å². The minimum Gasteiger partial charge on any atom is -0.492 e. The molecule has 0 amide bonds. The molecule has 1 heterocycles. The van der Waals surface area contributed by atoms with Crippen LogP contribution in [0.1, 0.15) is 27.7 Å². The summed E-state index contributed by atoms with van der Waals surface area (Å²) in [6, 6.07) is 7.95. The van der Waals surface area contributed by atoms with Crippen molar-refractivity contribution in [2.75, 3.05) is 40.5 Å². The zero-order valence-corrected chi connectivity index (χ0v) is 15.8. The van der Waals surface area contributed by atoms with E-state index in [2.05, 4.69) is 39.6 Å². The van der Waals surface area contributed by atoms with Gasteiger partial charge in [0, 0.05) is 20.2 Å². The van der Waals surface area contributed by atoms with Crippen molar-refractivity contribution in [2.24, 2.45) is 0 Å². The van der Waals surface area contributed by atoms with E-state index in [0.717, 1.165) is 30.9 Å². The van der Waals surface area contributed by atoms with E-state index in [1.165, 1.54) is 0 Å². The summed E-state index contributed by atoms with van der Waals surface area (Å²) in [5.74, 6) is 0.857. The van der Waals surface area contributed by atoms with E-state index in [-0.39, 0.29) is 18.3 Å². The first kappa shape index (κ1) is 19.3. The van der Waals surface area contributed by atoms with E-state index in [1.54, 1.807) is 7.11 Å². The van der Waals surface area contributed by atoms with Crippen molar-refractivity contribution in [3.63, 3.8) is 0 Å². The molecule has 1 aliphatic rings.